The van der Waals surface area contributed by atoms with Crippen LogP contribution in [0.3, 0.4) is 0 Å². The number of primary amides is 1. The van der Waals surface area contributed by atoms with Gasteiger partial charge in [-0.2, -0.15) is 5.10 Å². The molecule has 1 aromatic heterocycles. The van der Waals surface area contributed by atoms with E-state index >= 15 is 0 Å². The molecule has 3 aromatic rings. The number of rotatable bonds is 7. The Morgan fingerprint density at radius 2 is 1.74 bits per heavy atom. The van der Waals surface area contributed by atoms with Crippen LogP contribution in [-0.2, 0) is 16.0 Å². The fourth-order valence-corrected chi connectivity index (χ4v) is 5.22. The second-order valence-corrected chi connectivity index (χ2v) is 9.42. The lowest BCUT2D eigenvalue weighted by Crippen LogP contribution is -2.45. The summed E-state index contributed by atoms with van der Waals surface area (Å²) in [4.78, 5) is 28.8. The molecule has 3 heterocycles. The second-order valence-electron chi connectivity index (χ2n) is 9.42. The van der Waals surface area contributed by atoms with Crippen molar-refractivity contribution in [1.82, 2.24) is 19.6 Å². The summed E-state index contributed by atoms with van der Waals surface area (Å²) < 4.78 is 1.78. The number of amides is 2. The highest BCUT2D eigenvalue weighted by atomic mass is 16.2. The number of anilines is 1. The van der Waals surface area contributed by atoms with Gasteiger partial charge in [0.05, 0.1) is 24.2 Å². The molecule has 8 heteroatoms. The molecule has 34 heavy (non-hydrogen) atoms. The van der Waals surface area contributed by atoms with Crippen LogP contribution in [0, 0.1) is 0 Å². The van der Waals surface area contributed by atoms with Crippen molar-refractivity contribution in [3.63, 3.8) is 0 Å². The lowest BCUT2D eigenvalue weighted by atomic mass is 10.0. The molecule has 0 bridgehead atoms. The zero-order chi connectivity index (χ0) is 23.5. The molecule has 0 aliphatic carbocycles. The Bertz CT molecular complexity index is 1160. The van der Waals surface area contributed by atoms with Crippen molar-refractivity contribution in [3.05, 3.63) is 54.2 Å². The van der Waals surface area contributed by atoms with Crippen LogP contribution in [0.5, 0.6) is 0 Å². The van der Waals surface area contributed by atoms with Gasteiger partial charge in [0.15, 0.2) is 0 Å². The topological polar surface area (TPSA) is 96.5 Å². The number of nitrogens with two attached hydrogens (primary N) is 1. The van der Waals surface area contributed by atoms with Crippen molar-refractivity contribution in [2.45, 2.75) is 38.1 Å². The molecule has 2 fully saturated rings. The van der Waals surface area contributed by atoms with E-state index in [0.717, 1.165) is 53.8 Å². The van der Waals surface area contributed by atoms with Crippen LogP contribution in [0.2, 0.25) is 0 Å². The Hall–Kier alpha value is -3.23. The van der Waals surface area contributed by atoms with E-state index in [1.165, 1.54) is 25.9 Å². The predicted molar refractivity (Wildman–Crippen MR) is 133 cm³/mol. The van der Waals surface area contributed by atoms with Crippen LogP contribution in [0.1, 0.15) is 31.2 Å². The van der Waals surface area contributed by atoms with Gasteiger partial charge in [0.2, 0.25) is 11.8 Å². The first-order valence-electron chi connectivity index (χ1n) is 12.2. The van der Waals surface area contributed by atoms with Crippen LogP contribution in [0.4, 0.5) is 5.69 Å². The van der Waals surface area contributed by atoms with Gasteiger partial charge in [-0.1, -0.05) is 18.2 Å². The SMILES string of the molecule is NC(=O)Cc1cccc2cn(-c3ccc(NC(=O)CN4CCC(N5CCCC5)CC4)cc3)nc12. The molecule has 2 aromatic carbocycles. The first-order valence-corrected chi connectivity index (χ1v) is 12.2. The van der Waals surface area contributed by atoms with E-state index in [-0.39, 0.29) is 18.2 Å². The summed E-state index contributed by atoms with van der Waals surface area (Å²) in [5.41, 5.74) is 8.60. The predicted octanol–water partition coefficient (Wildman–Crippen LogP) is 2.55. The number of benzene rings is 2. The highest BCUT2D eigenvalue weighted by Crippen LogP contribution is 2.22. The number of fused-ring (bicyclic) bond motifs is 1. The number of hydrogen-bond donors (Lipinski definition) is 2. The maximum atomic E-state index is 12.6. The van der Waals surface area contributed by atoms with Crippen molar-refractivity contribution in [3.8, 4) is 5.69 Å². The van der Waals surface area contributed by atoms with Crippen LogP contribution in [0.25, 0.3) is 16.6 Å². The molecule has 0 saturated carbocycles. The summed E-state index contributed by atoms with van der Waals surface area (Å²) in [6.45, 7) is 4.88. The maximum absolute atomic E-state index is 12.6. The Labute approximate surface area is 199 Å². The highest BCUT2D eigenvalue weighted by Gasteiger charge is 2.27. The van der Waals surface area contributed by atoms with Crippen molar-refractivity contribution >= 4 is 28.4 Å². The molecule has 0 unspecified atom stereocenters. The molecule has 0 atom stereocenters. The summed E-state index contributed by atoms with van der Waals surface area (Å²) in [6, 6.07) is 14.1. The number of nitrogens with one attached hydrogen (secondary N) is 1. The van der Waals surface area contributed by atoms with Crippen LogP contribution in [-0.4, -0.2) is 70.2 Å². The van der Waals surface area contributed by atoms with Gasteiger partial charge in [-0.05, 0) is 68.6 Å². The maximum Gasteiger partial charge on any atom is 0.238 e. The van der Waals surface area contributed by atoms with Crippen molar-refractivity contribution in [1.29, 1.82) is 0 Å². The van der Waals surface area contributed by atoms with Crippen LogP contribution >= 0.6 is 0 Å². The zero-order valence-electron chi connectivity index (χ0n) is 19.4. The third-order valence-electron chi connectivity index (χ3n) is 6.98. The van der Waals surface area contributed by atoms with Crippen LogP contribution < -0.4 is 11.1 Å². The van der Waals surface area contributed by atoms with Gasteiger partial charge in [-0.3, -0.25) is 14.5 Å². The number of carbonyl (C=O) groups excluding carboxylic acids is 2. The first kappa shape index (κ1) is 22.6. The molecule has 2 aliphatic heterocycles. The van der Waals surface area contributed by atoms with Gasteiger partial charge in [-0.15, -0.1) is 0 Å². The fourth-order valence-electron chi connectivity index (χ4n) is 5.22. The molecule has 0 radical (unpaired) electrons. The van der Waals surface area contributed by atoms with Crippen molar-refractivity contribution < 1.29 is 9.59 Å². The summed E-state index contributed by atoms with van der Waals surface area (Å²) >= 11 is 0. The molecule has 3 N–H and O–H groups in total. The number of nitrogens with zero attached hydrogens (tertiary/aromatic N) is 4. The third kappa shape index (κ3) is 5.13. The van der Waals surface area contributed by atoms with E-state index in [2.05, 4.69) is 20.2 Å². The quantitative estimate of drug-likeness (QED) is 0.565. The molecule has 5 rings (SSSR count). The van der Waals surface area contributed by atoms with Gasteiger partial charge >= 0.3 is 0 Å². The third-order valence-corrected chi connectivity index (χ3v) is 6.98. The monoisotopic (exact) mass is 460 g/mol. The molecule has 2 aliphatic rings. The van der Waals surface area contributed by atoms with Gasteiger partial charge in [0, 0.05) is 36.4 Å². The van der Waals surface area contributed by atoms with E-state index in [1.807, 2.05) is 48.7 Å². The Balaban J connectivity index is 1.17. The van der Waals surface area contributed by atoms with Gasteiger partial charge < -0.3 is 16.0 Å². The van der Waals surface area contributed by atoms with Gasteiger partial charge in [0.25, 0.3) is 0 Å². The zero-order valence-corrected chi connectivity index (χ0v) is 19.4. The molecule has 2 amide bonds. The largest absolute Gasteiger partial charge is 0.369 e. The van der Waals surface area contributed by atoms with Crippen molar-refractivity contribution in [2.75, 3.05) is 38.0 Å². The normalized spacial score (nSPS) is 17.9. The van der Waals surface area contributed by atoms with E-state index in [9.17, 15) is 9.59 Å². The molecule has 0 spiro atoms. The number of likely N-dealkylation sites (tertiary alicyclic amines) is 2. The van der Waals surface area contributed by atoms with Crippen LogP contribution in [0.15, 0.2) is 48.7 Å². The number of hydrogen-bond acceptors (Lipinski definition) is 5. The summed E-state index contributed by atoms with van der Waals surface area (Å²) in [5, 5.41) is 8.62. The second kappa shape index (κ2) is 9.95. The average molecular weight is 461 g/mol. The molecular weight excluding hydrogens is 428 g/mol. The van der Waals surface area contributed by atoms with E-state index in [4.69, 9.17) is 5.73 Å². The first-order chi connectivity index (χ1) is 16.5. The van der Waals surface area contributed by atoms with Gasteiger partial charge in [-0.25, -0.2) is 4.68 Å². The summed E-state index contributed by atoms with van der Waals surface area (Å²) in [6.07, 6.45) is 7.06. The molecule has 178 valence electrons. The summed E-state index contributed by atoms with van der Waals surface area (Å²) in [7, 11) is 0. The molecule has 8 nitrogen and oxygen atoms in total. The van der Waals surface area contributed by atoms with E-state index in [0.29, 0.717) is 12.6 Å². The van der Waals surface area contributed by atoms with Crippen molar-refractivity contribution in [2.24, 2.45) is 5.73 Å². The Morgan fingerprint density at radius 1 is 1.00 bits per heavy atom. The minimum Gasteiger partial charge on any atom is -0.369 e. The minimum atomic E-state index is -0.377. The lowest BCUT2D eigenvalue weighted by molar-refractivity contribution is -0.118. The highest BCUT2D eigenvalue weighted by molar-refractivity contribution is 5.92. The smallest absolute Gasteiger partial charge is 0.238 e. The number of piperidine rings is 1. The van der Waals surface area contributed by atoms with E-state index in [1.54, 1.807) is 4.68 Å². The van der Waals surface area contributed by atoms with E-state index < -0.39 is 0 Å². The summed E-state index contributed by atoms with van der Waals surface area (Å²) in [5.74, 6) is -0.355. The fraction of sp³-hybridized carbons (Fsp3) is 0.423. The lowest BCUT2D eigenvalue weighted by Gasteiger charge is -2.36. The molecular formula is C26H32N6O2. The Morgan fingerprint density at radius 3 is 2.44 bits per heavy atom. The standard InChI is InChI=1S/C26H32N6O2/c27-24(33)16-19-4-3-5-20-17-32(29-26(19)20)23-8-6-21(7-9-23)28-25(34)18-30-14-10-22(11-15-30)31-12-1-2-13-31/h3-9,17,22H,1-2,10-16,18H2,(H2,27,33)(H,28,34). The van der Waals surface area contributed by atoms with Gasteiger partial charge in [0.1, 0.15) is 0 Å². The number of carbonyl (C=O) groups is 2. The number of aromatic nitrogens is 2. The minimum absolute atomic E-state index is 0.0216. The molecule has 2 saturated heterocycles. The Kier molecular flexibility index (Phi) is 6.60. The average Bonchev–Trinajstić information content (AvgIpc) is 3.51.